The van der Waals surface area contributed by atoms with Gasteiger partial charge in [0.25, 0.3) is 5.91 Å². The molecule has 0 aliphatic rings. The van der Waals surface area contributed by atoms with Crippen LogP contribution in [-0.4, -0.2) is 18.7 Å². The van der Waals surface area contributed by atoms with Crippen LogP contribution in [0.5, 0.6) is 5.75 Å². The van der Waals surface area contributed by atoms with E-state index in [1.807, 2.05) is 19.9 Å². The summed E-state index contributed by atoms with van der Waals surface area (Å²) in [6.45, 7) is 4.61. The van der Waals surface area contributed by atoms with Gasteiger partial charge < -0.3 is 4.74 Å². The Kier molecular flexibility index (Phi) is 6.64. The number of ether oxygens (including phenoxy) is 1. The Bertz CT molecular complexity index is 708. The first-order valence-corrected chi connectivity index (χ1v) is 8.23. The average molecular weight is 365 g/mol. The number of carbonyl (C=O) groups excluding carboxylic acids is 1. The van der Waals surface area contributed by atoms with Crippen molar-refractivity contribution >= 4 is 35.3 Å². The summed E-state index contributed by atoms with van der Waals surface area (Å²) in [6, 6.07) is 12.2. The van der Waals surface area contributed by atoms with Gasteiger partial charge in [0, 0.05) is 5.56 Å². The van der Waals surface area contributed by atoms with Crippen LogP contribution in [0, 0.1) is 5.92 Å². The second-order valence-corrected chi connectivity index (χ2v) is 6.40. The molecule has 4 nitrogen and oxygen atoms in total. The lowest BCUT2D eigenvalue weighted by atomic mass is 10.2. The lowest BCUT2D eigenvalue weighted by molar-refractivity contribution is 0.0955. The summed E-state index contributed by atoms with van der Waals surface area (Å²) in [7, 11) is 0. The highest BCUT2D eigenvalue weighted by atomic mass is 35.5. The molecule has 0 aromatic heterocycles. The molecule has 0 spiro atoms. The van der Waals surface area contributed by atoms with E-state index in [-0.39, 0.29) is 5.91 Å². The molecular formula is C18H18Cl2N2O2. The van der Waals surface area contributed by atoms with E-state index < -0.39 is 0 Å². The van der Waals surface area contributed by atoms with Crippen molar-refractivity contribution in [1.29, 1.82) is 0 Å². The fraction of sp³-hybridized carbons (Fsp3) is 0.222. The molecule has 0 bridgehead atoms. The van der Waals surface area contributed by atoms with Crippen LogP contribution < -0.4 is 10.2 Å². The molecule has 0 saturated carbocycles. The van der Waals surface area contributed by atoms with Gasteiger partial charge in [0.2, 0.25) is 0 Å². The smallest absolute Gasteiger partial charge is 0.271 e. The van der Waals surface area contributed by atoms with Gasteiger partial charge in [-0.25, -0.2) is 5.43 Å². The summed E-state index contributed by atoms with van der Waals surface area (Å²) in [5.74, 6) is 0.532. The quantitative estimate of drug-likeness (QED) is 0.591. The lowest BCUT2D eigenvalue weighted by Crippen LogP contribution is -2.17. The van der Waals surface area contributed by atoms with Gasteiger partial charge in [-0.05, 0) is 35.7 Å². The van der Waals surface area contributed by atoms with Crippen LogP contribution in [0.2, 0.25) is 10.0 Å². The van der Waals surface area contributed by atoms with Crippen LogP contribution in [-0.2, 0) is 0 Å². The van der Waals surface area contributed by atoms with Crippen LogP contribution in [0.4, 0.5) is 0 Å². The van der Waals surface area contributed by atoms with Gasteiger partial charge in [-0.3, -0.25) is 4.79 Å². The Hall–Kier alpha value is -2.04. The summed E-state index contributed by atoms with van der Waals surface area (Å²) in [5.41, 5.74) is 3.65. The maximum Gasteiger partial charge on any atom is 0.271 e. The third kappa shape index (κ3) is 5.25. The topological polar surface area (TPSA) is 50.7 Å². The first-order chi connectivity index (χ1) is 11.5. The average Bonchev–Trinajstić information content (AvgIpc) is 2.54. The van der Waals surface area contributed by atoms with Crippen molar-refractivity contribution in [1.82, 2.24) is 5.43 Å². The van der Waals surface area contributed by atoms with Crippen LogP contribution in [0.15, 0.2) is 47.6 Å². The van der Waals surface area contributed by atoms with Crippen molar-refractivity contribution in [3.63, 3.8) is 0 Å². The second kappa shape index (κ2) is 8.71. The summed E-state index contributed by atoms with van der Waals surface area (Å²) < 4.78 is 5.61. The highest BCUT2D eigenvalue weighted by Crippen LogP contribution is 2.34. The van der Waals surface area contributed by atoms with Gasteiger partial charge in [-0.15, -0.1) is 0 Å². The molecule has 126 valence electrons. The Morgan fingerprint density at radius 3 is 2.42 bits per heavy atom. The number of nitrogens with zero attached hydrogens (tertiary/aromatic N) is 1. The molecule has 24 heavy (non-hydrogen) atoms. The van der Waals surface area contributed by atoms with E-state index in [9.17, 15) is 4.79 Å². The Balaban J connectivity index is 2.03. The lowest BCUT2D eigenvalue weighted by Gasteiger charge is -2.12. The van der Waals surface area contributed by atoms with Crippen LogP contribution in [0.25, 0.3) is 0 Å². The minimum Gasteiger partial charge on any atom is -0.490 e. The molecule has 0 aliphatic heterocycles. The zero-order chi connectivity index (χ0) is 17.5. The predicted molar refractivity (Wildman–Crippen MR) is 98.3 cm³/mol. The van der Waals surface area contributed by atoms with Crippen molar-refractivity contribution in [2.24, 2.45) is 11.0 Å². The molecular weight excluding hydrogens is 347 g/mol. The monoisotopic (exact) mass is 364 g/mol. The number of hydrogen-bond acceptors (Lipinski definition) is 3. The largest absolute Gasteiger partial charge is 0.490 e. The van der Waals surface area contributed by atoms with Gasteiger partial charge >= 0.3 is 0 Å². The molecule has 1 amide bonds. The summed E-state index contributed by atoms with van der Waals surface area (Å²) in [5, 5.41) is 4.73. The molecule has 0 fully saturated rings. The normalized spacial score (nSPS) is 11.0. The fourth-order valence-corrected chi connectivity index (χ4v) is 2.47. The fourth-order valence-electron chi connectivity index (χ4n) is 1.86. The standard InChI is InChI=1S/C18H18Cl2N2O2/c1-12(2)11-24-17-15(19)8-13(9-16(17)20)10-21-22-18(23)14-6-4-3-5-7-14/h3-10,12H,11H2,1-2H3,(H,22,23)/b21-10+. The number of carbonyl (C=O) groups is 1. The van der Waals surface area contributed by atoms with E-state index in [1.54, 1.807) is 36.4 Å². The van der Waals surface area contributed by atoms with Crippen molar-refractivity contribution in [2.45, 2.75) is 13.8 Å². The van der Waals surface area contributed by atoms with Crippen molar-refractivity contribution in [3.8, 4) is 5.75 Å². The highest BCUT2D eigenvalue weighted by molar-refractivity contribution is 6.37. The number of hydrazone groups is 1. The zero-order valence-electron chi connectivity index (χ0n) is 13.4. The summed E-state index contributed by atoms with van der Waals surface area (Å²) in [6.07, 6.45) is 1.48. The molecule has 0 radical (unpaired) electrons. The van der Waals surface area contributed by atoms with E-state index in [2.05, 4.69) is 10.5 Å². The van der Waals surface area contributed by atoms with Gasteiger partial charge in [-0.1, -0.05) is 55.2 Å². The summed E-state index contributed by atoms with van der Waals surface area (Å²) in [4.78, 5) is 11.9. The molecule has 2 aromatic carbocycles. The maximum atomic E-state index is 11.9. The number of hydrogen-bond donors (Lipinski definition) is 1. The second-order valence-electron chi connectivity index (χ2n) is 5.58. The minimum atomic E-state index is -0.291. The van der Waals surface area contributed by atoms with Crippen molar-refractivity contribution in [3.05, 3.63) is 63.6 Å². The van der Waals surface area contributed by atoms with Crippen LogP contribution in [0.3, 0.4) is 0 Å². The number of rotatable bonds is 6. The number of halogens is 2. The van der Waals surface area contributed by atoms with Gasteiger partial charge in [-0.2, -0.15) is 5.10 Å². The third-order valence-corrected chi connectivity index (χ3v) is 3.56. The SMILES string of the molecule is CC(C)COc1c(Cl)cc(/C=N/NC(=O)c2ccccc2)cc1Cl. The molecule has 0 saturated heterocycles. The van der Waals surface area contributed by atoms with E-state index in [0.29, 0.717) is 39.4 Å². The Labute approximate surface area is 151 Å². The van der Waals surface area contributed by atoms with E-state index in [4.69, 9.17) is 27.9 Å². The minimum absolute atomic E-state index is 0.291. The van der Waals surface area contributed by atoms with Crippen LogP contribution >= 0.6 is 23.2 Å². The van der Waals surface area contributed by atoms with E-state index >= 15 is 0 Å². The van der Waals surface area contributed by atoms with Gasteiger partial charge in [0.05, 0.1) is 22.9 Å². The van der Waals surface area contributed by atoms with Crippen molar-refractivity contribution in [2.75, 3.05) is 6.61 Å². The Morgan fingerprint density at radius 2 is 1.83 bits per heavy atom. The molecule has 2 rings (SSSR count). The van der Waals surface area contributed by atoms with E-state index in [0.717, 1.165) is 0 Å². The molecule has 2 aromatic rings. The van der Waals surface area contributed by atoms with Gasteiger partial charge in [0.1, 0.15) is 0 Å². The van der Waals surface area contributed by atoms with E-state index in [1.165, 1.54) is 6.21 Å². The van der Waals surface area contributed by atoms with Crippen molar-refractivity contribution < 1.29 is 9.53 Å². The third-order valence-electron chi connectivity index (χ3n) is 3.00. The maximum absolute atomic E-state index is 11.9. The summed E-state index contributed by atoms with van der Waals surface area (Å²) >= 11 is 12.4. The predicted octanol–water partition coefficient (Wildman–Crippen LogP) is 4.79. The molecule has 0 heterocycles. The molecule has 6 heteroatoms. The van der Waals surface area contributed by atoms with Gasteiger partial charge in [0.15, 0.2) is 5.75 Å². The first-order valence-electron chi connectivity index (χ1n) is 7.47. The first kappa shape index (κ1) is 18.3. The number of amides is 1. The molecule has 0 unspecified atom stereocenters. The zero-order valence-corrected chi connectivity index (χ0v) is 14.9. The molecule has 0 atom stereocenters. The highest BCUT2D eigenvalue weighted by Gasteiger charge is 2.10. The number of benzene rings is 2. The molecule has 1 N–H and O–H groups in total. The Morgan fingerprint density at radius 1 is 1.21 bits per heavy atom. The number of nitrogens with one attached hydrogen (secondary N) is 1. The molecule has 0 aliphatic carbocycles. The van der Waals surface area contributed by atoms with Crippen LogP contribution in [0.1, 0.15) is 29.8 Å².